The number of nitriles is 1. The number of ether oxygens (including phenoxy) is 1. The molecule has 0 aromatic carbocycles. The van der Waals surface area contributed by atoms with Crippen molar-refractivity contribution in [3.05, 3.63) is 0 Å². The molecule has 0 spiro atoms. The van der Waals surface area contributed by atoms with Crippen LogP contribution in [0.2, 0.25) is 0 Å². The van der Waals surface area contributed by atoms with E-state index < -0.39 is 0 Å². The molecular formula is C9H16N2O. The molecule has 12 heavy (non-hydrogen) atoms. The van der Waals surface area contributed by atoms with Gasteiger partial charge in [0.25, 0.3) is 0 Å². The first kappa shape index (κ1) is 9.50. The van der Waals surface area contributed by atoms with E-state index in [1.165, 1.54) is 0 Å². The highest BCUT2D eigenvalue weighted by Gasteiger charge is 2.25. The minimum absolute atomic E-state index is 0.0347. The fourth-order valence-electron chi connectivity index (χ4n) is 1.45. The van der Waals surface area contributed by atoms with Crippen molar-refractivity contribution < 1.29 is 4.74 Å². The van der Waals surface area contributed by atoms with Crippen molar-refractivity contribution in [1.82, 2.24) is 5.32 Å². The topological polar surface area (TPSA) is 45.0 Å². The summed E-state index contributed by atoms with van der Waals surface area (Å²) in [7, 11) is 0. The maximum Gasteiger partial charge on any atom is 0.101 e. The van der Waals surface area contributed by atoms with E-state index >= 15 is 0 Å². The highest BCUT2D eigenvalue weighted by molar-refractivity contribution is 4.96. The standard InChI is InChI=1S/C9H16N2O/c1-7(2)11-9(5-10)8-3-4-12-6-8/h7-9,11H,3-4,6H2,1-2H3. The van der Waals surface area contributed by atoms with Crippen LogP contribution in [0.1, 0.15) is 20.3 Å². The quantitative estimate of drug-likeness (QED) is 0.681. The van der Waals surface area contributed by atoms with Crippen molar-refractivity contribution in [3.8, 4) is 6.07 Å². The smallest absolute Gasteiger partial charge is 0.101 e. The summed E-state index contributed by atoms with van der Waals surface area (Å²) in [6.07, 6.45) is 1.01. The number of rotatable bonds is 3. The minimum Gasteiger partial charge on any atom is -0.381 e. The van der Waals surface area contributed by atoms with Crippen LogP contribution in [0.4, 0.5) is 0 Å². The number of nitrogens with zero attached hydrogens (tertiary/aromatic N) is 1. The van der Waals surface area contributed by atoms with Crippen molar-refractivity contribution in [2.24, 2.45) is 5.92 Å². The van der Waals surface area contributed by atoms with Gasteiger partial charge in [-0.25, -0.2) is 0 Å². The van der Waals surface area contributed by atoms with Crippen molar-refractivity contribution in [2.75, 3.05) is 13.2 Å². The summed E-state index contributed by atoms with van der Waals surface area (Å²) >= 11 is 0. The molecule has 2 atom stereocenters. The van der Waals surface area contributed by atoms with Gasteiger partial charge >= 0.3 is 0 Å². The van der Waals surface area contributed by atoms with Crippen molar-refractivity contribution in [3.63, 3.8) is 0 Å². The van der Waals surface area contributed by atoms with Crippen LogP contribution in [0.15, 0.2) is 0 Å². The molecule has 1 saturated heterocycles. The van der Waals surface area contributed by atoms with Gasteiger partial charge in [0, 0.05) is 18.6 Å². The van der Waals surface area contributed by atoms with E-state index in [4.69, 9.17) is 10.00 Å². The third kappa shape index (κ3) is 2.47. The van der Waals surface area contributed by atoms with E-state index in [1.807, 2.05) is 0 Å². The van der Waals surface area contributed by atoms with Crippen LogP contribution in [-0.4, -0.2) is 25.3 Å². The van der Waals surface area contributed by atoms with E-state index in [1.54, 1.807) is 0 Å². The molecule has 3 heteroatoms. The van der Waals surface area contributed by atoms with Gasteiger partial charge in [0.1, 0.15) is 6.04 Å². The van der Waals surface area contributed by atoms with E-state index in [-0.39, 0.29) is 6.04 Å². The summed E-state index contributed by atoms with van der Waals surface area (Å²) in [6.45, 7) is 5.65. The molecule has 3 nitrogen and oxygen atoms in total. The van der Waals surface area contributed by atoms with Crippen LogP contribution >= 0.6 is 0 Å². The molecular weight excluding hydrogens is 152 g/mol. The average Bonchev–Trinajstić information content (AvgIpc) is 2.51. The van der Waals surface area contributed by atoms with Gasteiger partial charge in [-0.15, -0.1) is 0 Å². The molecule has 1 heterocycles. The molecule has 2 unspecified atom stereocenters. The Balaban J connectivity index is 2.39. The first-order chi connectivity index (χ1) is 5.74. The van der Waals surface area contributed by atoms with Crippen molar-refractivity contribution >= 4 is 0 Å². The fourth-order valence-corrected chi connectivity index (χ4v) is 1.45. The molecule has 0 aromatic rings. The summed E-state index contributed by atoms with van der Waals surface area (Å²) in [6, 6.07) is 2.62. The largest absolute Gasteiger partial charge is 0.381 e. The second-order valence-electron chi connectivity index (χ2n) is 3.55. The van der Waals surface area contributed by atoms with Crippen LogP contribution in [0.3, 0.4) is 0 Å². The van der Waals surface area contributed by atoms with E-state index in [0.29, 0.717) is 12.0 Å². The van der Waals surface area contributed by atoms with Gasteiger partial charge in [-0.3, -0.25) is 5.32 Å². The number of hydrogen-bond acceptors (Lipinski definition) is 3. The average molecular weight is 168 g/mol. The summed E-state index contributed by atoms with van der Waals surface area (Å²) in [5.74, 6) is 0.386. The van der Waals surface area contributed by atoms with Gasteiger partial charge in [0.15, 0.2) is 0 Å². The molecule has 1 fully saturated rings. The van der Waals surface area contributed by atoms with Gasteiger partial charge in [0.05, 0.1) is 12.7 Å². The Morgan fingerprint density at radius 1 is 1.58 bits per heavy atom. The number of nitrogens with one attached hydrogen (secondary N) is 1. The molecule has 1 rings (SSSR count). The Hall–Kier alpha value is -0.590. The molecule has 0 saturated carbocycles. The van der Waals surface area contributed by atoms with E-state index in [2.05, 4.69) is 25.2 Å². The first-order valence-corrected chi connectivity index (χ1v) is 4.47. The highest BCUT2D eigenvalue weighted by Crippen LogP contribution is 2.16. The Labute approximate surface area is 73.7 Å². The van der Waals surface area contributed by atoms with Gasteiger partial charge < -0.3 is 4.74 Å². The Morgan fingerprint density at radius 2 is 2.33 bits per heavy atom. The Morgan fingerprint density at radius 3 is 2.75 bits per heavy atom. The Kier molecular flexibility index (Phi) is 3.51. The lowest BCUT2D eigenvalue weighted by molar-refractivity contribution is 0.180. The lowest BCUT2D eigenvalue weighted by Crippen LogP contribution is -2.39. The maximum absolute atomic E-state index is 8.87. The van der Waals surface area contributed by atoms with Gasteiger partial charge in [-0.1, -0.05) is 0 Å². The third-order valence-electron chi connectivity index (χ3n) is 2.09. The summed E-state index contributed by atoms with van der Waals surface area (Å²) in [4.78, 5) is 0. The predicted octanol–water partition coefficient (Wildman–Crippen LogP) is 0.913. The first-order valence-electron chi connectivity index (χ1n) is 4.47. The van der Waals surface area contributed by atoms with E-state index in [0.717, 1.165) is 19.6 Å². The lowest BCUT2D eigenvalue weighted by Gasteiger charge is -2.18. The Bertz CT molecular complexity index is 168. The lowest BCUT2D eigenvalue weighted by atomic mass is 10.00. The molecule has 0 radical (unpaired) electrons. The molecule has 1 aliphatic rings. The molecule has 0 amide bonds. The number of hydrogen-bond donors (Lipinski definition) is 1. The van der Waals surface area contributed by atoms with Crippen LogP contribution in [0.5, 0.6) is 0 Å². The van der Waals surface area contributed by atoms with Crippen LogP contribution < -0.4 is 5.32 Å². The zero-order chi connectivity index (χ0) is 8.97. The summed E-state index contributed by atoms with van der Waals surface area (Å²) in [5, 5.41) is 12.1. The SMILES string of the molecule is CC(C)NC(C#N)C1CCOC1. The van der Waals surface area contributed by atoms with Gasteiger partial charge in [0.2, 0.25) is 0 Å². The molecule has 1 N–H and O–H groups in total. The summed E-state index contributed by atoms with van der Waals surface area (Å²) < 4.78 is 5.23. The molecule has 0 aliphatic carbocycles. The van der Waals surface area contributed by atoms with Crippen LogP contribution in [0, 0.1) is 17.2 Å². The monoisotopic (exact) mass is 168 g/mol. The zero-order valence-electron chi connectivity index (χ0n) is 7.71. The second kappa shape index (κ2) is 4.44. The molecule has 0 aromatic heterocycles. The minimum atomic E-state index is -0.0347. The molecule has 0 bridgehead atoms. The van der Waals surface area contributed by atoms with Crippen LogP contribution in [-0.2, 0) is 4.74 Å². The van der Waals surface area contributed by atoms with Crippen LogP contribution in [0.25, 0.3) is 0 Å². The molecule has 1 aliphatic heterocycles. The van der Waals surface area contributed by atoms with E-state index in [9.17, 15) is 0 Å². The fraction of sp³-hybridized carbons (Fsp3) is 0.889. The highest BCUT2D eigenvalue weighted by atomic mass is 16.5. The summed E-state index contributed by atoms with van der Waals surface area (Å²) in [5.41, 5.74) is 0. The third-order valence-corrected chi connectivity index (χ3v) is 2.09. The van der Waals surface area contributed by atoms with Gasteiger partial charge in [-0.2, -0.15) is 5.26 Å². The maximum atomic E-state index is 8.87. The van der Waals surface area contributed by atoms with Crippen molar-refractivity contribution in [1.29, 1.82) is 5.26 Å². The molecule has 68 valence electrons. The predicted molar refractivity (Wildman–Crippen MR) is 46.6 cm³/mol. The zero-order valence-corrected chi connectivity index (χ0v) is 7.71. The second-order valence-corrected chi connectivity index (χ2v) is 3.55. The normalized spacial score (nSPS) is 25.7. The van der Waals surface area contributed by atoms with Crippen molar-refractivity contribution in [2.45, 2.75) is 32.4 Å². The van der Waals surface area contributed by atoms with Gasteiger partial charge in [-0.05, 0) is 20.3 Å².